The van der Waals surface area contributed by atoms with Gasteiger partial charge in [0.15, 0.2) is 8.32 Å². The third-order valence-corrected chi connectivity index (χ3v) is 10.3. The van der Waals surface area contributed by atoms with Crippen molar-refractivity contribution in [3.63, 3.8) is 0 Å². The predicted molar refractivity (Wildman–Crippen MR) is 95.5 cm³/mol. The van der Waals surface area contributed by atoms with Gasteiger partial charge in [-0.25, -0.2) is 0 Å². The Balaban J connectivity index is 2.66. The van der Waals surface area contributed by atoms with Crippen molar-refractivity contribution in [3.8, 4) is 0 Å². The molecular formula is C13H24BrIN2OSi. The molecule has 0 spiro atoms. The number of hydrogen-bond acceptors (Lipinski definition) is 2. The molecule has 1 rings (SSSR count). The number of aromatic nitrogens is 2. The third-order valence-electron chi connectivity index (χ3n) is 3.85. The van der Waals surface area contributed by atoms with Gasteiger partial charge in [-0.05, 0) is 47.6 Å². The summed E-state index contributed by atoms with van der Waals surface area (Å²) in [6.45, 7) is 15.0. The highest BCUT2D eigenvalue weighted by atomic mass is 127. The molecule has 0 aliphatic carbocycles. The Morgan fingerprint density at radius 1 is 1.37 bits per heavy atom. The maximum absolute atomic E-state index is 6.21. The van der Waals surface area contributed by atoms with Gasteiger partial charge < -0.3 is 4.43 Å². The summed E-state index contributed by atoms with van der Waals surface area (Å²) in [7, 11) is -1.65. The van der Waals surface area contributed by atoms with Crippen LogP contribution >= 0.6 is 38.5 Å². The molecule has 0 N–H and O–H groups in total. The maximum Gasteiger partial charge on any atom is 0.192 e. The van der Waals surface area contributed by atoms with E-state index in [0.29, 0.717) is 0 Å². The van der Waals surface area contributed by atoms with Crippen molar-refractivity contribution >= 4 is 46.8 Å². The van der Waals surface area contributed by atoms with Crippen molar-refractivity contribution in [3.05, 3.63) is 15.0 Å². The highest BCUT2D eigenvalue weighted by Crippen LogP contribution is 2.36. The van der Waals surface area contributed by atoms with Crippen molar-refractivity contribution in [2.45, 2.75) is 57.7 Å². The zero-order valence-electron chi connectivity index (χ0n) is 12.7. The van der Waals surface area contributed by atoms with Crippen molar-refractivity contribution in [1.82, 2.24) is 9.78 Å². The van der Waals surface area contributed by atoms with E-state index in [1.54, 1.807) is 0 Å². The quantitative estimate of drug-likeness (QED) is 0.362. The molecule has 0 saturated carbocycles. The van der Waals surface area contributed by atoms with E-state index in [-0.39, 0.29) is 5.04 Å². The zero-order valence-corrected chi connectivity index (χ0v) is 17.4. The summed E-state index contributed by atoms with van der Waals surface area (Å²) in [6.07, 6.45) is 0. The largest absolute Gasteiger partial charge is 0.415 e. The van der Waals surface area contributed by atoms with Crippen LogP contribution in [0.2, 0.25) is 18.1 Å². The maximum atomic E-state index is 6.21. The standard InChI is InChI=1S/C13H24BrIN2OSi/c1-10-12(15)11(9-14)17(16-10)7-8-18-19(5,6)13(2,3)4/h7-9H2,1-6H3. The van der Waals surface area contributed by atoms with Gasteiger partial charge in [-0.15, -0.1) is 0 Å². The molecule has 1 heterocycles. The molecule has 0 fully saturated rings. The third kappa shape index (κ3) is 4.28. The lowest BCUT2D eigenvalue weighted by atomic mass is 10.2. The van der Waals surface area contributed by atoms with E-state index in [4.69, 9.17) is 4.43 Å². The van der Waals surface area contributed by atoms with Gasteiger partial charge in [-0.3, -0.25) is 4.68 Å². The van der Waals surface area contributed by atoms with E-state index in [9.17, 15) is 0 Å². The first-order valence-electron chi connectivity index (χ1n) is 6.52. The average Bonchev–Trinajstić information content (AvgIpc) is 2.52. The second kappa shape index (κ2) is 6.57. The van der Waals surface area contributed by atoms with Crippen LogP contribution in [-0.2, 0) is 16.3 Å². The first-order chi connectivity index (χ1) is 8.60. The topological polar surface area (TPSA) is 27.1 Å². The summed E-state index contributed by atoms with van der Waals surface area (Å²) >= 11 is 5.90. The normalized spacial score (nSPS) is 13.1. The summed E-state index contributed by atoms with van der Waals surface area (Å²) in [5.41, 5.74) is 2.35. The smallest absolute Gasteiger partial charge is 0.192 e. The number of alkyl halides is 1. The van der Waals surface area contributed by atoms with Crippen LogP contribution in [0.15, 0.2) is 0 Å². The predicted octanol–water partition coefficient (Wildman–Crippen LogP) is 4.71. The molecule has 0 radical (unpaired) electrons. The fraction of sp³-hybridized carbons (Fsp3) is 0.769. The lowest BCUT2D eigenvalue weighted by Crippen LogP contribution is -2.41. The van der Waals surface area contributed by atoms with E-state index in [0.717, 1.165) is 24.2 Å². The van der Waals surface area contributed by atoms with Crippen LogP contribution in [0.5, 0.6) is 0 Å². The Labute approximate surface area is 139 Å². The molecule has 3 nitrogen and oxygen atoms in total. The number of nitrogens with zero attached hydrogens (tertiary/aromatic N) is 2. The molecule has 0 amide bonds. The monoisotopic (exact) mass is 458 g/mol. The SMILES string of the molecule is Cc1nn(CCO[Si](C)(C)C(C)(C)C)c(CBr)c1I. The number of rotatable bonds is 5. The summed E-state index contributed by atoms with van der Waals surface area (Å²) in [5, 5.41) is 5.68. The second-order valence-corrected chi connectivity index (χ2v) is 12.8. The highest BCUT2D eigenvalue weighted by molar-refractivity contribution is 14.1. The first kappa shape index (κ1) is 17.6. The van der Waals surface area contributed by atoms with Crippen LogP contribution in [0.1, 0.15) is 32.2 Å². The highest BCUT2D eigenvalue weighted by Gasteiger charge is 2.36. The summed E-state index contributed by atoms with van der Waals surface area (Å²) in [4.78, 5) is 0. The van der Waals surface area contributed by atoms with Crippen LogP contribution in [0.25, 0.3) is 0 Å². The molecule has 0 bridgehead atoms. The van der Waals surface area contributed by atoms with Crippen LogP contribution in [0.3, 0.4) is 0 Å². The van der Waals surface area contributed by atoms with Gasteiger partial charge >= 0.3 is 0 Å². The Kier molecular flexibility index (Phi) is 6.11. The van der Waals surface area contributed by atoms with E-state index >= 15 is 0 Å². The van der Waals surface area contributed by atoms with Crippen molar-refractivity contribution < 1.29 is 4.43 Å². The average molecular weight is 459 g/mol. The summed E-state index contributed by atoms with van der Waals surface area (Å²) in [6, 6.07) is 0. The molecule has 110 valence electrons. The van der Waals surface area contributed by atoms with Gasteiger partial charge in [-0.1, -0.05) is 36.7 Å². The van der Waals surface area contributed by atoms with Crippen LogP contribution in [-0.4, -0.2) is 24.7 Å². The molecule has 1 aromatic heterocycles. The minimum atomic E-state index is -1.65. The number of halogens is 2. The molecule has 0 unspecified atom stereocenters. The van der Waals surface area contributed by atoms with E-state index in [1.807, 2.05) is 0 Å². The second-order valence-electron chi connectivity index (χ2n) is 6.31. The molecule has 19 heavy (non-hydrogen) atoms. The van der Waals surface area contributed by atoms with Crippen molar-refractivity contribution in [1.29, 1.82) is 0 Å². The summed E-state index contributed by atoms with van der Waals surface area (Å²) in [5.74, 6) is 0. The number of aryl methyl sites for hydroxylation is 1. The Morgan fingerprint density at radius 2 is 1.95 bits per heavy atom. The van der Waals surface area contributed by atoms with Crippen LogP contribution in [0.4, 0.5) is 0 Å². The fourth-order valence-corrected chi connectivity index (χ4v) is 4.23. The number of hydrogen-bond donors (Lipinski definition) is 0. The van der Waals surface area contributed by atoms with E-state index < -0.39 is 8.32 Å². The minimum Gasteiger partial charge on any atom is -0.415 e. The van der Waals surface area contributed by atoms with E-state index in [2.05, 4.69) is 89.1 Å². The van der Waals surface area contributed by atoms with Gasteiger partial charge in [0.25, 0.3) is 0 Å². The summed E-state index contributed by atoms with van der Waals surface area (Å²) < 4.78 is 9.53. The lowest BCUT2D eigenvalue weighted by molar-refractivity contribution is 0.264. The van der Waals surface area contributed by atoms with Gasteiger partial charge in [0, 0.05) is 5.33 Å². The van der Waals surface area contributed by atoms with E-state index in [1.165, 1.54) is 9.26 Å². The molecule has 0 saturated heterocycles. The molecule has 1 aromatic rings. The molecule has 0 atom stereocenters. The van der Waals surface area contributed by atoms with Gasteiger partial charge in [-0.2, -0.15) is 5.10 Å². The van der Waals surface area contributed by atoms with Crippen molar-refractivity contribution in [2.24, 2.45) is 0 Å². The Morgan fingerprint density at radius 3 is 2.42 bits per heavy atom. The fourth-order valence-electron chi connectivity index (χ4n) is 1.52. The lowest BCUT2D eigenvalue weighted by Gasteiger charge is -2.36. The van der Waals surface area contributed by atoms with Crippen LogP contribution < -0.4 is 0 Å². The zero-order chi connectivity index (χ0) is 14.8. The molecule has 0 aromatic carbocycles. The molecule has 0 aliphatic heterocycles. The van der Waals surface area contributed by atoms with Gasteiger partial charge in [0.2, 0.25) is 0 Å². The Hall–Kier alpha value is 0.597. The van der Waals surface area contributed by atoms with Gasteiger partial charge in [0.05, 0.1) is 28.1 Å². The molecule has 6 heteroatoms. The molecule has 0 aliphatic rings. The minimum absolute atomic E-state index is 0.264. The Bertz CT molecular complexity index is 441. The molecular weight excluding hydrogens is 435 g/mol. The van der Waals surface area contributed by atoms with Crippen molar-refractivity contribution in [2.75, 3.05) is 6.61 Å². The van der Waals surface area contributed by atoms with Gasteiger partial charge in [0.1, 0.15) is 0 Å². The van der Waals surface area contributed by atoms with Crippen LogP contribution in [0, 0.1) is 10.5 Å². The first-order valence-corrected chi connectivity index (χ1v) is 11.6.